The van der Waals surface area contributed by atoms with Crippen LogP contribution in [-0.2, 0) is 4.74 Å². The number of hydrogen-bond donors (Lipinski definition) is 1. The summed E-state index contributed by atoms with van der Waals surface area (Å²) in [5.41, 5.74) is 0. The molecule has 1 saturated heterocycles. The van der Waals surface area contributed by atoms with Crippen molar-refractivity contribution in [1.82, 2.24) is 4.90 Å². The van der Waals surface area contributed by atoms with Crippen LogP contribution in [-0.4, -0.2) is 41.4 Å². The van der Waals surface area contributed by atoms with E-state index in [9.17, 15) is 9.90 Å². The SMILES string of the molecule is O=C1OCCCN1C1CCCCCC1O. The summed E-state index contributed by atoms with van der Waals surface area (Å²) in [4.78, 5) is 13.3. The predicted molar refractivity (Wildman–Crippen MR) is 55.6 cm³/mol. The maximum absolute atomic E-state index is 11.5. The third kappa shape index (κ3) is 2.43. The van der Waals surface area contributed by atoms with E-state index in [0.29, 0.717) is 6.61 Å². The van der Waals surface area contributed by atoms with E-state index in [4.69, 9.17) is 4.74 Å². The van der Waals surface area contributed by atoms with Gasteiger partial charge in [0.15, 0.2) is 0 Å². The van der Waals surface area contributed by atoms with Crippen molar-refractivity contribution < 1.29 is 14.6 Å². The fourth-order valence-corrected chi connectivity index (χ4v) is 2.50. The van der Waals surface area contributed by atoms with E-state index in [1.807, 2.05) is 0 Å². The smallest absolute Gasteiger partial charge is 0.410 e. The number of ether oxygens (including phenoxy) is 1. The van der Waals surface area contributed by atoms with Gasteiger partial charge in [-0.2, -0.15) is 0 Å². The number of aliphatic hydroxyl groups is 1. The third-order valence-electron chi connectivity index (χ3n) is 3.35. The normalized spacial score (nSPS) is 33.4. The highest BCUT2D eigenvalue weighted by atomic mass is 16.6. The monoisotopic (exact) mass is 213 g/mol. The minimum atomic E-state index is -0.363. The molecule has 1 heterocycles. The highest BCUT2D eigenvalue weighted by Gasteiger charge is 2.32. The Morgan fingerprint density at radius 3 is 2.80 bits per heavy atom. The van der Waals surface area contributed by atoms with Gasteiger partial charge in [0.1, 0.15) is 0 Å². The number of rotatable bonds is 1. The zero-order valence-electron chi connectivity index (χ0n) is 9.02. The maximum Gasteiger partial charge on any atom is 0.410 e. The molecule has 4 nitrogen and oxygen atoms in total. The lowest BCUT2D eigenvalue weighted by atomic mass is 10.0. The lowest BCUT2D eigenvalue weighted by Gasteiger charge is -2.35. The van der Waals surface area contributed by atoms with Crippen molar-refractivity contribution >= 4 is 6.09 Å². The molecule has 1 aliphatic heterocycles. The molecule has 1 aliphatic carbocycles. The summed E-state index contributed by atoms with van der Waals surface area (Å²) >= 11 is 0. The second-order valence-electron chi connectivity index (χ2n) is 4.43. The lowest BCUT2D eigenvalue weighted by Crippen LogP contribution is -2.49. The van der Waals surface area contributed by atoms with Crippen molar-refractivity contribution in [3.8, 4) is 0 Å². The van der Waals surface area contributed by atoms with Crippen LogP contribution in [0, 0.1) is 0 Å². The molecule has 1 amide bonds. The first kappa shape index (κ1) is 10.7. The molecule has 4 heteroatoms. The van der Waals surface area contributed by atoms with E-state index >= 15 is 0 Å². The Morgan fingerprint density at radius 2 is 2.00 bits per heavy atom. The molecule has 15 heavy (non-hydrogen) atoms. The van der Waals surface area contributed by atoms with E-state index in [2.05, 4.69) is 0 Å². The standard InChI is InChI=1S/C11H19NO3/c13-10-6-3-1-2-5-9(10)12-7-4-8-15-11(12)14/h9-10,13H,1-8H2. The first-order chi connectivity index (χ1) is 7.29. The molecule has 0 aromatic rings. The van der Waals surface area contributed by atoms with Crippen LogP contribution in [0.15, 0.2) is 0 Å². The van der Waals surface area contributed by atoms with Crippen molar-refractivity contribution in [3.05, 3.63) is 0 Å². The van der Waals surface area contributed by atoms with Gasteiger partial charge < -0.3 is 14.7 Å². The quantitative estimate of drug-likeness (QED) is 0.672. The fourth-order valence-electron chi connectivity index (χ4n) is 2.50. The maximum atomic E-state index is 11.5. The summed E-state index contributed by atoms with van der Waals surface area (Å²) in [6.45, 7) is 1.26. The lowest BCUT2D eigenvalue weighted by molar-refractivity contribution is 0.00930. The second-order valence-corrected chi connectivity index (χ2v) is 4.43. The Hall–Kier alpha value is -0.770. The largest absolute Gasteiger partial charge is 0.449 e. The fraction of sp³-hybridized carbons (Fsp3) is 0.909. The summed E-state index contributed by atoms with van der Waals surface area (Å²) in [6.07, 6.45) is 5.34. The topological polar surface area (TPSA) is 49.8 Å². The molecule has 2 atom stereocenters. The number of carbonyl (C=O) groups is 1. The zero-order valence-corrected chi connectivity index (χ0v) is 9.02. The zero-order chi connectivity index (χ0) is 10.7. The van der Waals surface area contributed by atoms with Crippen LogP contribution in [0.3, 0.4) is 0 Å². The number of cyclic esters (lactones) is 1. The van der Waals surface area contributed by atoms with Gasteiger partial charge in [0.2, 0.25) is 0 Å². The molecular formula is C11H19NO3. The van der Waals surface area contributed by atoms with E-state index < -0.39 is 0 Å². The summed E-state index contributed by atoms with van der Waals surface area (Å²) in [6, 6.07) is -0.0136. The molecule has 0 bridgehead atoms. The molecular weight excluding hydrogens is 194 g/mol. The first-order valence-corrected chi connectivity index (χ1v) is 5.90. The van der Waals surface area contributed by atoms with E-state index in [1.54, 1.807) is 4.90 Å². The second kappa shape index (κ2) is 4.84. The summed E-state index contributed by atoms with van der Waals surface area (Å²) < 4.78 is 5.01. The van der Waals surface area contributed by atoms with Crippen LogP contribution < -0.4 is 0 Å². The van der Waals surface area contributed by atoms with E-state index in [-0.39, 0.29) is 18.2 Å². The van der Waals surface area contributed by atoms with Gasteiger partial charge in [-0.3, -0.25) is 0 Å². The average Bonchev–Trinajstić information content (AvgIpc) is 2.44. The van der Waals surface area contributed by atoms with Crippen LogP contribution in [0.25, 0.3) is 0 Å². The number of amides is 1. The number of hydrogen-bond acceptors (Lipinski definition) is 3. The van der Waals surface area contributed by atoms with Gasteiger partial charge in [-0.1, -0.05) is 19.3 Å². The van der Waals surface area contributed by atoms with E-state index in [1.165, 1.54) is 0 Å². The van der Waals surface area contributed by atoms with Gasteiger partial charge in [-0.05, 0) is 19.3 Å². The van der Waals surface area contributed by atoms with Crippen molar-refractivity contribution in [2.45, 2.75) is 50.7 Å². The summed E-state index contributed by atoms with van der Waals surface area (Å²) in [5, 5.41) is 9.97. The molecule has 1 N–H and O–H groups in total. The molecule has 86 valence electrons. The minimum Gasteiger partial charge on any atom is -0.449 e. The van der Waals surface area contributed by atoms with Crippen molar-refractivity contribution in [1.29, 1.82) is 0 Å². The Morgan fingerprint density at radius 1 is 1.20 bits per heavy atom. The van der Waals surface area contributed by atoms with Crippen LogP contribution in [0.5, 0.6) is 0 Å². The van der Waals surface area contributed by atoms with Gasteiger partial charge in [-0.25, -0.2) is 4.79 Å². The van der Waals surface area contributed by atoms with Gasteiger partial charge >= 0.3 is 6.09 Å². The van der Waals surface area contributed by atoms with Gasteiger partial charge in [0.05, 0.1) is 18.8 Å². The van der Waals surface area contributed by atoms with Crippen LogP contribution in [0.2, 0.25) is 0 Å². The molecule has 2 rings (SSSR count). The first-order valence-electron chi connectivity index (χ1n) is 5.90. The summed E-state index contributed by atoms with van der Waals surface area (Å²) in [7, 11) is 0. The van der Waals surface area contributed by atoms with Gasteiger partial charge in [-0.15, -0.1) is 0 Å². The number of carbonyl (C=O) groups excluding carboxylic acids is 1. The molecule has 0 aromatic carbocycles. The van der Waals surface area contributed by atoms with Crippen LogP contribution in [0.4, 0.5) is 4.79 Å². The number of nitrogens with zero attached hydrogens (tertiary/aromatic N) is 1. The number of aliphatic hydroxyl groups excluding tert-OH is 1. The molecule has 2 unspecified atom stereocenters. The molecule has 2 fully saturated rings. The highest BCUT2D eigenvalue weighted by Crippen LogP contribution is 2.24. The average molecular weight is 213 g/mol. The van der Waals surface area contributed by atoms with Crippen molar-refractivity contribution in [2.24, 2.45) is 0 Å². The predicted octanol–water partition coefficient (Wildman–Crippen LogP) is 1.52. The molecule has 0 spiro atoms. The Balaban J connectivity index is 2.02. The third-order valence-corrected chi connectivity index (χ3v) is 3.35. The Kier molecular flexibility index (Phi) is 3.46. The minimum absolute atomic E-state index is 0.0136. The molecule has 2 aliphatic rings. The molecule has 0 aromatic heterocycles. The highest BCUT2D eigenvalue weighted by molar-refractivity contribution is 5.68. The van der Waals surface area contributed by atoms with Crippen molar-refractivity contribution in [2.75, 3.05) is 13.2 Å². The van der Waals surface area contributed by atoms with Crippen LogP contribution >= 0.6 is 0 Å². The molecule has 0 radical (unpaired) electrons. The van der Waals surface area contributed by atoms with Gasteiger partial charge in [0, 0.05) is 6.54 Å². The Labute approximate surface area is 90.2 Å². The Bertz CT molecular complexity index is 232. The summed E-state index contributed by atoms with van der Waals surface area (Å²) in [5.74, 6) is 0. The van der Waals surface area contributed by atoms with Crippen LogP contribution in [0.1, 0.15) is 38.5 Å². The van der Waals surface area contributed by atoms with Crippen molar-refractivity contribution in [3.63, 3.8) is 0 Å². The molecule has 1 saturated carbocycles. The van der Waals surface area contributed by atoms with E-state index in [0.717, 1.165) is 45.1 Å². The van der Waals surface area contributed by atoms with Gasteiger partial charge in [0.25, 0.3) is 0 Å².